The Morgan fingerprint density at radius 1 is 1.50 bits per heavy atom. The highest BCUT2D eigenvalue weighted by Crippen LogP contribution is 2.49. The lowest BCUT2D eigenvalue weighted by Gasteiger charge is -2.26. The van der Waals surface area contributed by atoms with Crippen LogP contribution in [-0.4, -0.2) is 35.7 Å². The Morgan fingerprint density at radius 3 is 2.30 bits per heavy atom. The van der Waals surface area contributed by atoms with E-state index in [0.29, 0.717) is 13.1 Å². The van der Waals surface area contributed by atoms with Gasteiger partial charge in [0.05, 0.1) is 0 Å². The van der Waals surface area contributed by atoms with Crippen LogP contribution in [0.25, 0.3) is 0 Å². The van der Waals surface area contributed by atoms with Gasteiger partial charge in [0.1, 0.15) is 0 Å². The van der Waals surface area contributed by atoms with Crippen molar-refractivity contribution in [2.45, 2.75) is 0 Å². The maximum Gasteiger partial charge on any atom is 0.360 e. The zero-order valence-electron chi connectivity index (χ0n) is 5.46. The second kappa shape index (κ2) is 3.20. The predicted molar refractivity (Wildman–Crippen MR) is 40.1 cm³/mol. The fourth-order valence-electron chi connectivity index (χ4n) is 0.900. The lowest BCUT2D eigenvalue weighted by atomic mass is 10.4. The highest BCUT2D eigenvalue weighted by atomic mass is 35.7. The van der Waals surface area contributed by atoms with E-state index < -0.39 is 6.87 Å². The van der Waals surface area contributed by atoms with E-state index in [1.165, 1.54) is 4.67 Å². The quantitative estimate of drug-likeness (QED) is 0.573. The van der Waals surface area contributed by atoms with Crippen LogP contribution in [0.3, 0.4) is 0 Å². The average molecular weight is 185 g/mol. The fourth-order valence-corrected chi connectivity index (χ4v) is 2.05. The summed E-state index contributed by atoms with van der Waals surface area (Å²) in [5.74, 6) is 0. The topological polar surface area (TPSA) is 52.6 Å². The molecule has 1 aliphatic heterocycles. The second-order valence-corrected chi connectivity index (χ2v) is 5.01. The summed E-state index contributed by atoms with van der Waals surface area (Å²) in [5.41, 5.74) is 0. The molecule has 10 heavy (non-hydrogen) atoms. The zero-order valence-corrected chi connectivity index (χ0v) is 7.11. The van der Waals surface area contributed by atoms with E-state index in [-0.39, 0.29) is 0 Å². The van der Waals surface area contributed by atoms with Gasteiger partial charge in [-0.3, -0.25) is 4.57 Å². The van der Waals surface area contributed by atoms with Gasteiger partial charge < -0.3 is 10.2 Å². The number of nitrogens with zero attached hydrogens (tertiary/aromatic N) is 1. The van der Waals surface area contributed by atoms with Gasteiger partial charge in [0, 0.05) is 26.2 Å². The van der Waals surface area contributed by atoms with E-state index in [1.807, 2.05) is 0 Å². The van der Waals surface area contributed by atoms with E-state index in [4.69, 9.17) is 16.1 Å². The van der Waals surface area contributed by atoms with Crippen molar-refractivity contribution < 1.29 is 9.46 Å². The summed E-state index contributed by atoms with van der Waals surface area (Å²) in [6.45, 7) is -0.903. The van der Waals surface area contributed by atoms with Crippen molar-refractivity contribution in [1.82, 2.24) is 9.99 Å². The molecule has 1 fully saturated rings. The van der Waals surface area contributed by atoms with E-state index in [9.17, 15) is 4.57 Å². The first-order valence-corrected chi connectivity index (χ1v) is 5.61. The standard InChI is InChI=1S/C4H10ClN2O2P/c5-10(8,9)7-3-1-6-2-4-7/h6H,1-4H2,(H,8,9). The molecule has 6 heteroatoms. The summed E-state index contributed by atoms with van der Waals surface area (Å²) >= 11 is 5.22. The van der Waals surface area contributed by atoms with Crippen LogP contribution in [0.2, 0.25) is 0 Å². The molecule has 0 aliphatic carbocycles. The molecule has 2 N–H and O–H groups in total. The molecule has 1 atom stereocenters. The Kier molecular flexibility index (Phi) is 2.72. The second-order valence-electron chi connectivity index (χ2n) is 2.18. The average Bonchev–Trinajstić information content (AvgIpc) is 1.88. The minimum Gasteiger partial charge on any atom is -0.322 e. The van der Waals surface area contributed by atoms with E-state index in [1.54, 1.807) is 0 Å². The minimum absolute atomic E-state index is 0.553. The van der Waals surface area contributed by atoms with Crippen LogP contribution in [0.4, 0.5) is 0 Å². The third-order valence-electron chi connectivity index (χ3n) is 1.44. The summed E-state index contributed by atoms with van der Waals surface area (Å²) in [6, 6.07) is 0. The molecule has 0 aromatic carbocycles. The SMILES string of the molecule is O=P(O)(Cl)N1CCNCC1. The number of halogens is 1. The van der Waals surface area contributed by atoms with E-state index >= 15 is 0 Å². The minimum atomic E-state index is -3.48. The molecule has 1 unspecified atom stereocenters. The lowest BCUT2D eigenvalue weighted by Crippen LogP contribution is -2.40. The van der Waals surface area contributed by atoms with Crippen LogP contribution in [0.15, 0.2) is 0 Å². The van der Waals surface area contributed by atoms with Crippen molar-refractivity contribution in [2.24, 2.45) is 0 Å². The van der Waals surface area contributed by atoms with E-state index in [2.05, 4.69) is 5.32 Å². The molecule has 0 aromatic heterocycles. The van der Waals surface area contributed by atoms with Crippen molar-refractivity contribution in [1.29, 1.82) is 0 Å². The van der Waals surface area contributed by atoms with Crippen molar-refractivity contribution in [3.8, 4) is 0 Å². The van der Waals surface area contributed by atoms with Crippen LogP contribution < -0.4 is 5.32 Å². The number of piperazine rings is 1. The molecule has 4 nitrogen and oxygen atoms in total. The molecule has 60 valence electrons. The van der Waals surface area contributed by atoms with Gasteiger partial charge in [0.25, 0.3) is 0 Å². The van der Waals surface area contributed by atoms with Gasteiger partial charge >= 0.3 is 6.87 Å². The Labute approximate surface area is 64.5 Å². The Bertz CT molecular complexity index is 153. The molecule has 0 radical (unpaired) electrons. The molecule has 0 bridgehead atoms. The Balaban J connectivity index is 2.47. The highest BCUT2D eigenvalue weighted by Gasteiger charge is 2.25. The van der Waals surface area contributed by atoms with Gasteiger partial charge in [0.2, 0.25) is 0 Å². The van der Waals surface area contributed by atoms with Crippen molar-refractivity contribution in [3.63, 3.8) is 0 Å². The Hall–Kier alpha value is 0.400. The van der Waals surface area contributed by atoms with Crippen LogP contribution in [0.5, 0.6) is 0 Å². The lowest BCUT2D eigenvalue weighted by molar-refractivity contribution is 0.325. The number of rotatable bonds is 1. The van der Waals surface area contributed by atoms with Gasteiger partial charge in [-0.15, -0.1) is 0 Å². The summed E-state index contributed by atoms with van der Waals surface area (Å²) < 4.78 is 12.2. The number of nitrogens with one attached hydrogen (secondary N) is 1. The summed E-state index contributed by atoms with van der Waals surface area (Å²) in [6.07, 6.45) is 0. The van der Waals surface area contributed by atoms with Gasteiger partial charge in [-0.25, -0.2) is 4.67 Å². The zero-order chi connectivity index (χ0) is 7.61. The van der Waals surface area contributed by atoms with Crippen molar-refractivity contribution in [3.05, 3.63) is 0 Å². The van der Waals surface area contributed by atoms with Gasteiger partial charge in [-0.05, 0) is 11.2 Å². The molecular weight excluding hydrogens is 174 g/mol. The van der Waals surface area contributed by atoms with Gasteiger partial charge in [-0.1, -0.05) is 0 Å². The van der Waals surface area contributed by atoms with Crippen LogP contribution in [-0.2, 0) is 4.57 Å². The molecule has 0 amide bonds. The summed E-state index contributed by atoms with van der Waals surface area (Å²) in [5, 5.41) is 3.05. The Morgan fingerprint density at radius 2 is 2.00 bits per heavy atom. The van der Waals surface area contributed by atoms with Gasteiger partial charge in [-0.2, -0.15) is 0 Å². The smallest absolute Gasteiger partial charge is 0.322 e. The fraction of sp³-hybridized carbons (Fsp3) is 1.00. The molecule has 1 saturated heterocycles. The van der Waals surface area contributed by atoms with E-state index in [0.717, 1.165) is 13.1 Å². The first-order chi connectivity index (χ1) is 4.61. The maximum atomic E-state index is 10.8. The van der Waals surface area contributed by atoms with Gasteiger partial charge in [0.15, 0.2) is 0 Å². The third-order valence-corrected chi connectivity index (χ3v) is 3.18. The normalized spacial score (nSPS) is 27.8. The van der Waals surface area contributed by atoms with Crippen LogP contribution >= 0.6 is 18.1 Å². The number of hydrogen-bond acceptors (Lipinski definition) is 2. The molecule has 0 aromatic rings. The van der Waals surface area contributed by atoms with Crippen molar-refractivity contribution in [2.75, 3.05) is 26.2 Å². The molecule has 0 spiro atoms. The van der Waals surface area contributed by atoms with Crippen molar-refractivity contribution >= 4 is 18.1 Å². The first kappa shape index (κ1) is 8.50. The predicted octanol–water partition coefficient (Wildman–Crippen LogP) is 0.231. The first-order valence-electron chi connectivity index (χ1n) is 3.09. The largest absolute Gasteiger partial charge is 0.360 e. The molecule has 1 heterocycles. The summed E-state index contributed by atoms with van der Waals surface area (Å²) in [7, 11) is 0. The van der Waals surface area contributed by atoms with Crippen LogP contribution in [0, 0.1) is 0 Å². The van der Waals surface area contributed by atoms with Crippen LogP contribution in [0.1, 0.15) is 0 Å². The molecule has 0 saturated carbocycles. The number of hydrogen-bond donors (Lipinski definition) is 2. The monoisotopic (exact) mass is 184 g/mol. The maximum absolute atomic E-state index is 10.8. The molecule has 1 rings (SSSR count). The third kappa shape index (κ3) is 2.22. The molecular formula is C4H10ClN2O2P. The molecule has 1 aliphatic rings. The summed E-state index contributed by atoms with van der Waals surface area (Å²) in [4.78, 5) is 8.86. The highest BCUT2D eigenvalue weighted by molar-refractivity contribution is 7.82.